The van der Waals surface area contributed by atoms with Crippen LogP contribution in [0.15, 0.2) is 6.07 Å². The van der Waals surface area contributed by atoms with E-state index in [0.717, 1.165) is 25.9 Å². The molecule has 1 aliphatic carbocycles. The molecule has 0 bridgehead atoms. The van der Waals surface area contributed by atoms with Crippen LogP contribution >= 0.6 is 0 Å². The highest BCUT2D eigenvalue weighted by molar-refractivity contribution is 5.34. The summed E-state index contributed by atoms with van der Waals surface area (Å²) >= 11 is 0. The third-order valence-corrected chi connectivity index (χ3v) is 4.38. The predicted octanol–water partition coefficient (Wildman–Crippen LogP) is 3.37. The molecule has 3 nitrogen and oxygen atoms in total. The van der Waals surface area contributed by atoms with Crippen molar-refractivity contribution in [3.8, 4) is 0 Å². The Morgan fingerprint density at radius 3 is 2.79 bits per heavy atom. The molecule has 0 radical (unpaired) electrons. The van der Waals surface area contributed by atoms with Gasteiger partial charge in [-0.25, -0.2) is 0 Å². The standard InChI is InChI=1S/C16H28N2O/c1-6-12(10-19-5)18-11(2)7-13-14(17)8-16(3,4)9-15(13)18/h7,12,14H,6,8-10,17H2,1-5H3. The van der Waals surface area contributed by atoms with Gasteiger partial charge in [-0.15, -0.1) is 0 Å². The van der Waals surface area contributed by atoms with Crippen LogP contribution in [0.25, 0.3) is 0 Å². The smallest absolute Gasteiger partial charge is 0.0670 e. The number of nitrogens with zero attached hydrogens (tertiary/aromatic N) is 1. The van der Waals surface area contributed by atoms with Gasteiger partial charge in [0.15, 0.2) is 0 Å². The highest BCUT2D eigenvalue weighted by Gasteiger charge is 2.34. The summed E-state index contributed by atoms with van der Waals surface area (Å²) in [6.07, 6.45) is 3.28. The van der Waals surface area contributed by atoms with Crippen LogP contribution in [0, 0.1) is 12.3 Å². The highest BCUT2D eigenvalue weighted by Crippen LogP contribution is 2.42. The van der Waals surface area contributed by atoms with Crippen molar-refractivity contribution < 1.29 is 4.74 Å². The second-order valence-corrected chi connectivity index (χ2v) is 6.73. The Labute approximate surface area is 117 Å². The van der Waals surface area contributed by atoms with E-state index in [-0.39, 0.29) is 6.04 Å². The average molecular weight is 264 g/mol. The monoisotopic (exact) mass is 264 g/mol. The molecule has 2 rings (SSSR count). The molecule has 0 saturated carbocycles. The zero-order valence-electron chi connectivity index (χ0n) is 13.0. The Hall–Kier alpha value is -0.800. The number of rotatable bonds is 4. The molecule has 1 aliphatic rings. The topological polar surface area (TPSA) is 40.2 Å². The summed E-state index contributed by atoms with van der Waals surface area (Å²) in [6, 6.07) is 2.89. The number of fused-ring (bicyclic) bond motifs is 1. The molecule has 108 valence electrons. The molecular weight excluding hydrogens is 236 g/mol. The fourth-order valence-electron chi connectivity index (χ4n) is 3.54. The van der Waals surface area contributed by atoms with Crippen molar-refractivity contribution >= 4 is 0 Å². The third-order valence-electron chi connectivity index (χ3n) is 4.38. The van der Waals surface area contributed by atoms with Crippen molar-refractivity contribution in [1.82, 2.24) is 4.57 Å². The van der Waals surface area contributed by atoms with Gasteiger partial charge in [-0.2, -0.15) is 0 Å². The van der Waals surface area contributed by atoms with Gasteiger partial charge in [-0.1, -0.05) is 20.8 Å². The fraction of sp³-hybridized carbons (Fsp3) is 0.750. The molecule has 0 aliphatic heterocycles. The highest BCUT2D eigenvalue weighted by atomic mass is 16.5. The zero-order valence-corrected chi connectivity index (χ0v) is 13.0. The molecule has 19 heavy (non-hydrogen) atoms. The van der Waals surface area contributed by atoms with Crippen LogP contribution in [-0.2, 0) is 11.2 Å². The lowest BCUT2D eigenvalue weighted by molar-refractivity contribution is 0.148. The Kier molecular flexibility index (Phi) is 4.07. The van der Waals surface area contributed by atoms with E-state index in [9.17, 15) is 0 Å². The van der Waals surface area contributed by atoms with E-state index in [1.54, 1.807) is 7.11 Å². The first-order chi connectivity index (χ1) is 8.89. The van der Waals surface area contributed by atoms with E-state index in [1.165, 1.54) is 17.0 Å². The molecule has 0 saturated heterocycles. The van der Waals surface area contributed by atoms with Gasteiger partial charge in [0, 0.05) is 24.5 Å². The van der Waals surface area contributed by atoms with Gasteiger partial charge >= 0.3 is 0 Å². The minimum Gasteiger partial charge on any atom is -0.383 e. The van der Waals surface area contributed by atoms with Crippen molar-refractivity contribution in [2.75, 3.05) is 13.7 Å². The average Bonchev–Trinajstić information content (AvgIpc) is 2.62. The minimum absolute atomic E-state index is 0.179. The lowest BCUT2D eigenvalue weighted by atomic mass is 9.74. The van der Waals surface area contributed by atoms with Gasteiger partial charge in [0.05, 0.1) is 12.6 Å². The molecule has 1 heterocycles. The third kappa shape index (κ3) is 2.72. The number of aromatic nitrogens is 1. The number of hydrogen-bond acceptors (Lipinski definition) is 2. The number of hydrogen-bond donors (Lipinski definition) is 1. The van der Waals surface area contributed by atoms with Crippen molar-refractivity contribution in [3.63, 3.8) is 0 Å². The second-order valence-electron chi connectivity index (χ2n) is 6.73. The molecule has 3 heteroatoms. The van der Waals surface area contributed by atoms with E-state index in [2.05, 4.69) is 38.3 Å². The maximum atomic E-state index is 6.38. The van der Waals surface area contributed by atoms with Crippen LogP contribution in [0.2, 0.25) is 0 Å². The van der Waals surface area contributed by atoms with Crippen LogP contribution in [0.5, 0.6) is 0 Å². The molecule has 1 aromatic heterocycles. The van der Waals surface area contributed by atoms with E-state index in [1.807, 2.05) is 0 Å². The summed E-state index contributed by atoms with van der Waals surface area (Å²) in [7, 11) is 1.78. The molecule has 2 N–H and O–H groups in total. The summed E-state index contributed by atoms with van der Waals surface area (Å²) < 4.78 is 7.86. The van der Waals surface area contributed by atoms with Gasteiger partial charge in [0.1, 0.15) is 0 Å². The van der Waals surface area contributed by atoms with Crippen molar-refractivity contribution in [1.29, 1.82) is 0 Å². The molecule has 0 fully saturated rings. The first-order valence-corrected chi connectivity index (χ1v) is 7.34. The second kappa shape index (κ2) is 5.29. The largest absolute Gasteiger partial charge is 0.383 e. The van der Waals surface area contributed by atoms with Crippen LogP contribution in [0.1, 0.15) is 62.6 Å². The predicted molar refractivity (Wildman–Crippen MR) is 79.4 cm³/mol. The molecular formula is C16H28N2O. The Bertz CT molecular complexity index is 448. The maximum Gasteiger partial charge on any atom is 0.0670 e. The van der Waals surface area contributed by atoms with Gasteiger partial charge < -0.3 is 15.0 Å². The van der Waals surface area contributed by atoms with Crippen LogP contribution in [-0.4, -0.2) is 18.3 Å². The lowest BCUT2D eigenvalue weighted by Gasteiger charge is -2.35. The van der Waals surface area contributed by atoms with E-state index in [0.29, 0.717) is 11.5 Å². The van der Waals surface area contributed by atoms with E-state index in [4.69, 9.17) is 10.5 Å². The van der Waals surface area contributed by atoms with Gasteiger partial charge in [0.2, 0.25) is 0 Å². The molecule has 0 amide bonds. The summed E-state index contributed by atoms with van der Waals surface area (Å²) in [6.45, 7) is 9.83. The number of nitrogens with two attached hydrogens (primary N) is 1. The normalized spacial score (nSPS) is 23.2. The Balaban J connectivity index is 2.46. The van der Waals surface area contributed by atoms with Crippen LogP contribution in [0.3, 0.4) is 0 Å². The van der Waals surface area contributed by atoms with E-state index < -0.39 is 0 Å². The van der Waals surface area contributed by atoms with Crippen molar-refractivity contribution in [2.24, 2.45) is 11.1 Å². The fourth-order valence-corrected chi connectivity index (χ4v) is 3.54. The van der Waals surface area contributed by atoms with Crippen LogP contribution < -0.4 is 5.73 Å². The zero-order chi connectivity index (χ0) is 14.2. The Morgan fingerprint density at radius 2 is 2.21 bits per heavy atom. The van der Waals surface area contributed by atoms with Gasteiger partial charge in [-0.05, 0) is 43.2 Å². The quantitative estimate of drug-likeness (QED) is 0.905. The summed E-state index contributed by atoms with van der Waals surface area (Å²) in [4.78, 5) is 0. The van der Waals surface area contributed by atoms with Crippen molar-refractivity contribution in [2.45, 2.75) is 59.0 Å². The summed E-state index contributed by atoms with van der Waals surface area (Å²) in [5.41, 5.74) is 10.8. The number of ether oxygens (including phenoxy) is 1. The molecule has 0 aromatic carbocycles. The molecule has 2 atom stereocenters. The number of methoxy groups -OCH3 is 1. The molecule has 1 aromatic rings. The first-order valence-electron chi connectivity index (χ1n) is 7.34. The molecule has 2 unspecified atom stereocenters. The maximum absolute atomic E-state index is 6.38. The number of aryl methyl sites for hydroxylation is 1. The summed E-state index contributed by atoms with van der Waals surface area (Å²) in [5.74, 6) is 0. The summed E-state index contributed by atoms with van der Waals surface area (Å²) in [5, 5.41) is 0. The van der Waals surface area contributed by atoms with Crippen LogP contribution in [0.4, 0.5) is 0 Å². The minimum atomic E-state index is 0.179. The first kappa shape index (κ1) is 14.6. The molecule has 0 spiro atoms. The lowest BCUT2D eigenvalue weighted by Crippen LogP contribution is -2.31. The SMILES string of the molecule is CCC(COC)n1c(C)cc2c1CC(C)(C)CC2N. The van der Waals surface area contributed by atoms with Gasteiger partial charge in [0.25, 0.3) is 0 Å². The van der Waals surface area contributed by atoms with Gasteiger partial charge in [-0.3, -0.25) is 0 Å². The van der Waals surface area contributed by atoms with E-state index >= 15 is 0 Å². The Morgan fingerprint density at radius 1 is 1.53 bits per heavy atom. The van der Waals surface area contributed by atoms with Crippen molar-refractivity contribution in [3.05, 3.63) is 23.0 Å².